The van der Waals surface area contributed by atoms with Gasteiger partial charge in [-0.1, -0.05) is 44.2 Å². The summed E-state index contributed by atoms with van der Waals surface area (Å²) in [6.45, 7) is 11.6. The zero-order chi connectivity index (χ0) is 28.8. The number of carbonyl (C=O) groups excluding carboxylic acids is 4. The van der Waals surface area contributed by atoms with Crippen LogP contribution in [0.2, 0.25) is 0 Å². The summed E-state index contributed by atoms with van der Waals surface area (Å²) in [6.07, 6.45) is -0.446. The molecule has 3 atom stereocenters. The van der Waals surface area contributed by atoms with Crippen LogP contribution in [-0.2, 0) is 31.6 Å². The molecule has 5 rings (SSSR count). The van der Waals surface area contributed by atoms with Crippen molar-refractivity contribution >= 4 is 46.3 Å². The minimum atomic E-state index is -1.04. The lowest BCUT2D eigenvalue weighted by Crippen LogP contribution is -2.53. The quantitative estimate of drug-likeness (QED) is 0.380. The Hall–Kier alpha value is -4.72. The third kappa shape index (κ3) is 4.35. The Bertz CT molecular complexity index is 1570. The van der Waals surface area contributed by atoms with E-state index in [0.717, 1.165) is 16.0 Å². The molecule has 2 N–H and O–H groups in total. The van der Waals surface area contributed by atoms with Gasteiger partial charge in [0.1, 0.15) is 11.5 Å². The van der Waals surface area contributed by atoms with E-state index in [2.05, 4.69) is 20.5 Å². The minimum absolute atomic E-state index is 0.00515. The minimum Gasteiger partial charge on any atom is -0.325 e. The van der Waals surface area contributed by atoms with Crippen molar-refractivity contribution in [3.63, 3.8) is 0 Å². The van der Waals surface area contributed by atoms with Gasteiger partial charge in [-0.25, -0.2) is 11.6 Å². The molecule has 4 amide bonds. The molecular formula is C29H31N7O4. The number of likely N-dealkylation sites (N-methyl/N-ethyl adjacent to an activating group) is 1. The molecule has 2 aromatic carbocycles. The number of hydrogen-bond donors (Lipinski definition) is 2. The van der Waals surface area contributed by atoms with E-state index in [1.54, 1.807) is 23.7 Å². The van der Waals surface area contributed by atoms with E-state index in [9.17, 15) is 19.2 Å². The molecule has 1 saturated heterocycles. The van der Waals surface area contributed by atoms with E-state index in [1.165, 1.54) is 11.9 Å². The predicted molar refractivity (Wildman–Crippen MR) is 149 cm³/mol. The molecule has 2 aliphatic rings. The summed E-state index contributed by atoms with van der Waals surface area (Å²) >= 11 is 0. The number of anilines is 2. The Kier molecular flexibility index (Phi) is 6.79. The van der Waals surface area contributed by atoms with Crippen LogP contribution < -0.4 is 10.6 Å². The Balaban J connectivity index is 1.39. The van der Waals surface area contributed by atoms with Gasteiger partial charge >= 0.3 is 18.0 Å². The zero-order valence-corrected chi connectivity index (χ0v) is 22.8. The first-order chi connectivity index (χ1) is 19.1. The third-order valence-electron chi connectivity index (χ3n) is 7.86. The molecule has 1 spiro atoms. The summed E-state index contributed by atoms with van der Waals surface area (Å²) in [5, 5.41) is 5.45. The van der Waals surface area contributed by atoms with E-state index in [4.69, 9.17) is 6.57 Å². The smallest absolute Gasteiger partial charge is 0.316 e. The molecular weight excluding hydrogens is 510 g/mol. The van der Waals surface area contributed by atoms with Gasteiger partial charge in [-0.05, 0) is 36.1 Å². The number of carbonyl (C=O) groups is 4. The van der Waals surface area contributed by atoms with Crippen LogP contribution in [0.1, 0.15) is 32.3 Å². The zero-order valence-electron chi connectivity index (χ0n) is 22.8. The molecule has 0 bridgehead atoms. The van der Waals surface area contributed by atoms with Crippen LogP contribution in [0.3, 0.4) is 0 Å². The van der Waals surface area contributed by atoms with Crippen molar-refractivity contribution in [1.29, 1.82) is 0 Å². The highest BCUT2D eigenvalue weighted by atomic mass is 16.2. The summed E-state index contributed by atoms with van der Waals surface area (Å²) < 4.78 is 1.67. The van der Waals surface area contributed by atoms with Gasteiger partial charge in [0.15, 0.2) is 0 Å². The molecule has 3 heterocycles. The largest absolute Gasteiger partial charge is 0.325 e. The number of hydrogen-bond acceptors (Lipinski definition) is 5. The lowest BCUT2D eigenvalue weighted by molar-refractivity contribution is -0.149. The first-order valence-corrected chi connectivity index (χ1v) is 13.1. The number of nitrogens with zero attached hydrogens (tertiary/aromatic N) is 5. The third-order valence-corrected chi connectivity index (χ3v) is 7.86. The molecule has 0 unspecified atom stereocenters. The lowest BCUT2D eigenvalue weighted by Gasteiger charge is -2.31. The van der Waals surface area contributed by atoms with E-state index in [0.29, 0.717) is 11.2 Å². The Morgan fingerprint density at radius 3 is 2.60 bits per heavy atom. The van der Waals surface area contributed by atoms with Crippen LogP contribution in [0.4, 0.5) is 11.6 Å². The van der Waals surface area contributed by atoms with Crippen molar-refractivity contribution in [2.45, 2.75) is 44.3 Å². The van der Waals surface area contributed by atoms with Crippen molar-refractivity contribution in [3.8, 4) is 0 Å². The Morgan fingerprint density at radius 1 is 1.20 bits per heavy atom. The fourth-order valence-corrected chi connectivity index (χ4v) is 5.73. The van der Waals surface area contributed by atoms with Crippen LogP contribution in [0.5, 0.6) is 0 Å². The van der Waals surface area contributed by atoms with E-state index >= 15 is 0 Å². The van der Waals surface area contributed by atoms with Crippen LogP contribution in [0.25, 0.3) is 15.9 Å². The van der Waals surface area contributed by atoms with Gasteiger partial charge in [0, 0.05) is 26.3 Å². The highest BCUT2D eigenvalue weighted by molar-refractivity contribution is 6.39. The highest BCUT2D eigenvalue weighted by Gasteiger charge is 2.59. The first-order valence-electron chi connectivity index (χ1n) is 13.1. The fourth-order valence-electron chi connectivity index (χ4n) is 5.73. The number of nitrogens with one attached hydrogen (secondary N) is 2. The molecule has 40 heavy (non-hydrogen) atoms. The molecule has 206 valence electrons. The number of rotatable bonds is 5. The predicted octanol–water partition coefficient (Wildman–Crippen LogP) is 2.75. The second-order valence-electron chi connectivity index (χ2n) is 10.9. The number of amides is 4. The van der Waals surface area contributed by atoms with Crippen molar-refractivity contribution in [2.75, 3.05) is 24.2 Å². The van der Waals surface area contributed by atoms with Crippen LogP contribution in [0.15, 0.2) is 48.5 Å². The van der Waals surface area contributed by atoms with Crippen LogP contribution in [-0.4, -0.2) is 68.8 Å². The summed E-state index contributed by atoms with van der Waals surface area (Å²) in [4.78, 5) is 64.1. The monoisotopic (exact) mass is 541 g/mol. The topological polar surface area (TPSA) is 121 Å². The molecule has 1 aromatic heterocycles. The van der Waals surface area contributed by atoms with Crippen molar-refractivity contribution in [2.24, 2.45) is 13.0 Å². The van der Waals surface area contributed by atoms with Gasteiger partial charge in [-0.15, -0.1) is 0 Å². The Morgan fingerprint density at radius 2 is 1.90 bits per heavy atom. The molecule has 0 aliphatic carbocycles. The number of imidazole rings is 1. The molecule has 1 fully saturated rings. The number of aryl methyl sites for hydroxylation is 1. The van der Waals surface area contributed by atoms with Crippen molar-refractivity contribution in [1.82, 2.24) is 19.4 Å². The maximum Gasteiger partial charge on any atom is 0.316 e. The average molecular weight is 542 g/mol. The summed E-state index contributed by atoms with van der Waals surface area (Å²) in [7, 11) is 3.15. The van der Waals surface area contributed by atoms with Crippen molar-refractivity contribution in [3.05, 3.63) is 65.5 Å². The standard InChI is InChI=1S/C29H31N7O4/c1-17(2)14-22(34(4)26(39)24(37)33-28-32-20-12-8-9-13-21(20)35(28)5)25(38)36-16-29(15-23(36)30-3)18-10-6-7-11-19(18)31-27(29)40/h6-13,17,22-23H,14-16H2,1-2,4-5H3,(H,31,40)(H,32,33,37)/t22-,23-,29-/m0/s1. The van der Waals surface area contributed by atoms with E-state index < -0.39 is 35.3 Å². The van der Waals surface area contributed by atoms with Gasteiger partial charge in [-0.2, -0.15) is 0 Å². The van der Waals surface area contributed by atoms with Gasteiger partial charge < -0.3 is 14.8 Å². The van der Waals surface area contributed by atoms with Crippen LogP contribution >= 0.6 is 0 Å². The number of benzene rings is 2. The average Bonchev–Trinajstić information content (AvgIpc) is 3.58. The second-order valence-corrected chi connectivity index (χ2v) is 10.9. The SMILES string of the molecule is [C-]#[N+][C@@H]1C[C@@]2(CN1C(=O)[C@H](CC(C)C)N(C)C(=O)C(=O)Nc1nc3ccccc3n1C)C(=O)Nc1ccccc12. The molecule has 11 nitrogen and oxygen atoms in total. The van der Waals surface area contributed by atoms with E-state index in [1.807, 2.05) is 50.2 Å². The van der Waals surface area contributed by atoms with Gasteiger partial charge in [-0.3, -0.25) is 34.2 Å². The van der Waals surface area contributed by atoms with Crippen molar-refractivity contribution < 1.29 is 19.2 Å². The molecule has 2 aliphatic heterocycles. The maximum absolute atomic E-state index is 14.0. The summed E-state index contributed by atoms with van der Waals surface area (Å²) in [5.74, 6) is -2.32. The molecule has 0 radical (unpaired) electrons. The first kappa shape index (κ1) is 26.9. The Labute approximate surface area is 232 Å². The van der Waals surface area contributed by atoms with Gasteiger partial charge in [0.2, 0.25) is 11.9 Å². The lowest BCUT2D eigenvalue weighted by atomic mass is 9.80. The number of aromatic nitrogens is 2. The summed E-state index contributed by atoms with van der Waals surface area (Å²) in [5.41, 5.74) is 1.85. The molecule has 11 heteroatoms. The number of likely N-dealkylation sites (tertiary alicyclic amines) is 1. The molecule has 0 saturated carbocycles. The number of fused-ring (bicyclic) bond motifs is 3. The van der Waals surface area contributed by atoms with E-state index in [-0.39, 0.29) is 37.2 Å². The normalized spacial score (nSPS) is 20.4. The maximum atomic E-state index is 14.0. The highest BCUT2D eigenvalue weighted by Crippen LogP contribution is 2.47. The fraction of sp³-hybridized carbons (Fsp3) is 0.379. The van der Waals surface area contributed by atoms with Crippen LogP contribution in [0, 0.1) is 12.5 Å². The summed E-state index contributed by atoms with van der Waals surface area (Å²) in [6, 6.07) is 13.6. The molecule has 3 aromatic rings. The second kappa shape index (κ2) is 10.1. The van der Waals surface area contributed by atoms with Gasteiger partial charge in [0.25, 0.3) is 5.91 Å². The number of para-hydroxylation sites is 3. The van der Waals surface area contributed by atoms with Gasteiger partial charge in [0.05, 0.1) is 17.5 Å².